The van der Waals surface area contributed by atoms with E-state index in [2.05, 4.69) is 23.6 Å². The fourth-order valence-corrected chi connectivity index (χ4v) is 3.55. The summed E-state index contributed by atoms with van der Waals surface area (Å²) >= 11 is 0. The highest BCUT2D eigenvalue weighted by Crippen LogP contribution is 2.25. The molecular formula is C23H26N4O2. The second-order valence-corrected chi connectivity index (χ2v) is 7.49. The highest BCUT2D eigenvalue weighted by molar-refractivity contribution is 5.95. The van der Waals surface area contributed by atoms with E-state index in [0.717, 1.165) is 24.3 Å². The maximum absolute atomic E-state index is 12.6. The lowest BCUT2D eigenvalue weighted by atomic mass is 10.1. The Labute approximate surface area is 171 Å². The first kappa shape index (κ1) is 19.2. The molecule has 1 N–H and O–H groups in total. The Morgan fingerprint density at radius 1 is 1.21 bits per heavy atom. The average molecular weight is 390 g/mol. The molecule has 3 aromatic rings. The van der Waals surface area contributed by atoms with E-state index in [0.29, 0.717) is 18.7 Å². The largest absolute Gasteiger partial charge is 0.378 e. The van der Waals surface area contributed by atoms with Crippen LogP contribution >= 0.6 is 0 Å². The van der Waals surface area contributed by atoms with Crippen LogP contribution in [0.4, 0.5) is 5.69 Å². The van der Waals surface area contributed by atoms with Gasteiger partial charge in [-0.3, -0.25) is 9.48 Å². The Hall–Kier alpha value is -3.12. The summed E-state index contributed by atoms with van der Waals surface area (Å²) in [6.07, 6.45) is 2.72. The summed E-state index contributed by atoms with van der Waals surface area (Å²) in [7, 11) is 3.92. The number of anilines is 1. The summed E-state index contributed by atoms with van der Waals surface area (Å²) in [6.45, 7) is 1.77. The van der Waals surface area contributed by atoms with Crippen LogP contribution in [0.5, 0.6) is 0 Å². The van der Waals surface area contributed by atoms with Crippen molar-refractivity contribution in [3.63, 3.8) is 0 Å². The molecule has 1 amide bonds. The SMILES string of the molecule is CN(C)c1cccc(C(=O)NCC2OCCc3cn(Cc4ccccc4)nc32)c1. The molecule has 0 saturated heterocycles. The van der Waals surface area contributed by atoms with Crippen LogP contribution in [0.2, 0.25) is 0 Å². The highest BCUT2D eigenvalue weighted by atomic mass is 16.5. The van der Waals surface area contributed by atoms with Crippen LogP contribution in [0.1, 0.15) is 33.3 Å². The molecule has 0 radical (unpaired) electrons. The average Bonchev–Trinajstić information content (AvgIpc) is 3.15. The van der Waals surface area contributed by atoms with Gasteiger partial charge >= 0.3 is 0 Å². The fraction of sp³-hybridized carbons (Fsp3) is 0.304. The summed E-state index contributed by atoms with van der Waals surface area (Å²) in [5, 5.41) is 7.75. The summed E-state index contributed by atoms with van der Waals surface area (Å²) in [5.74, 6) is -0.104. The second-order valence-electron chi connectivity index (χ2n) is 7.49. The molecule has 1 aliphatic rings. The Kier molecular flexibility index (Phi) is 5.62. The molecule has 6 heteroatoms. The van der Waals surface area contributed by atoms with E-state index in [-0.39, 0.29) is 12.0 Å². The number of carbonyl (C=O) groups excluding carboxylic acids is 1. The fourth-order valence-electron chi connectivity index (χ4n) is 3.55. The standard InChI is InChI=1S/C23H26N4O2/c1-26(2)20-10-6-9-18(13-20)23(28)24-14-21-22-19(11-12-29-21)16-27(25-22)15-17-7-4-3-5-8-17/h3-10,13,16,21H,11-12,14-15H2,1-2H3,(H,24,28). The molecule has 0 fully saturated rings. The van der Waals surface area contributed by atoms with E-state index in [4.69, 9.17) is 9.84 Å². The molecule has 2 aromatic carbocycles. The molecule has 0 spiro atoms. The lowest BCUT2D eigenvalue weighted by molar-refractivity contribution is 0.0383. The van der Waals surface area contributed by atoms with Gasteiger partial charge < -0.3 is 15.0 Å². The minimum atomic E-state index is -0.225. The lowest BCUT2D eigenvalue weighted by Gasteiger charge is -2.22. The Bertz CT molecular complexity index is 982. The van der Waals surface area contributed by atoms with Gasteiger partial charge in [-0.2, -0.15) is 5.10 Å². The van der Waals surface area contributed by atoms with E-state index >= 15 is 0 Å². The van der Waals surface area contributed by atoms with Gasteiger partial charge in [0.1, 0.15) is 6.10 Å². The molecule has 1 aliphatic heterocycles. The molecule has 6 nitrogen and oxygen atoms in total. The van der Waals surface area contributed by atoms with Crippen molar-refractivity contribution < 1.29 is 9.53 Å². The second kappa shape index (κ2) is 8.49. The number of benzene rings is 2. The number of aromatic nitrogens is 2. The van der Waals surface area contributed by atoms with Crippen molar-refractivity contribution in [2.75, 3.05) is 32.1 Å². The summed E-state index contributed by atoms with van der Waals surface area (Å²) in [4.78, 5) is 14.6. The predicted octanol–water partition coefficient (Wildman–Crippen LogP) is 3.04. The van der Waals surface area contributed by atoms with E-state index in [1.807, 2.05) is 66.1 Å². The van der Waals surface area contributed by atoms with Crippen LogP contribution in [0, 0.1) is 0 Å². The Morgan fingerprint density at radius 3 is 2.83 bits per heavy atom. The van der Waals surface area contributed by atoms with Gasteiger partial charge in [0, 0.05) is 38.1 Å². The van der Waals surface area contributed by atoms with Gasteiger partial charge in [-0.05, 0) is 35.7 Å². The van der Waals surface area contributed by atoms with Crippen molar-refractivity contribution in [1.82, 2.24) is 15.1 Å². The first-order chi connectivity index (χ1) is 14.1. The normalized spacial score (nSPS) is 15.6. The maximum Gasteiger partial charge on any atom is 0.251 e. The minimum absolute atomic E-state index is 0.104. The lowest BCUT2D eigenvalue weighted by Crippen LogP contribution is -2.32. The summed E-state index contributed by atoms with van der Waals surface area (Å²) in [5.41, 5.74) is 4.96. The van der Waals surface area contributed by atoms with Crippen LogP contribution in [-0.2, 0) is 17.7 Å². The van der Waals surface area contributed by atoms with Gasteiger partial charge in [0.05, 0.1) is 18.8 Å². The number of ether oxygens (including phenoxy) is 1. The van der Waals surface area contributed by atoms with Gasteiger partial charge in [0.25, 0.3) is 5.91 Å². The molecule has 29 heavy (non-hydrogen) atoms. The number of nitrogens with one attached hydrogen (secondary N) is 1. The molecule has 1 aromatic heterocycles. The molecule has 0 aliphatic carbocycles. The maximum atomic E-state index is 12.6. The van der Waals surface area contributed by atoms with Gasteiger partial charge in [-0.15, -0.1) is 0 Å². The molecule has 0 bridgehead atoms. The van der Waals surface area contributed by atoms with Crippen molar-refractivity contribution >= 4 is 11.6 Å². The summed E-state index contributed by atoms with van der Waals surface area (Å²) < 4.78 is 7.88. The van der Waals surface area contributed by atoms with E-state index in [9.17, 15) is 4.79 Å². The first-order valence-electron chi connectivity index (χ1n) is 9.87. The molecule has 1 atom stereocenters. The molecule has 0 saturated carbocycles. The zero-order valence-corrected chi connectivity index (χ0v) is 16.8. The number of hydrogen-bond acceptors (Lipinski definition) is 4. The van der Waals surface area contributed by atoms with Gasteiger partial charge in [-0.1, -0.05) is 36.4 Å². The van der Waals surface area contributed by atoms with E-state index in [1.54, 1.807) is 0 Å². The van der Waals surface area contributed by atoms with Gasteiger partial charge in [-0.25, -0.2) is 0 Å². The van der Waals surface area contributed by atoms with Crippen LogP contribution in [0.15, 0.2) is 60.8 Å². The van der Waals surface area contributed by atoms with Crippen LogP contribution in [0.25, 0.3) is 0 Å². The van der Waals surface area contributed by atoms with Crippen molar-refractivity contribution in [2.45, 2.75) is 19.1 Å². The third-order valence-corrected chi connectivity index (χ3v) is 5.13. The smallest absolute Gasteiger partial charge is 0.251 e. The Balaban J connectivity index is 1.43. The third-order valence-electron chi connectivity index (χ3n) is 5.13. The number of fused-ring (bicyclic) bond motifs is 1. The molecule has 2 heterocycles. The third kappa shape index (κ3) is 4.49. The number of amides is 1. The number of nitrogens with zero attached hydrogens (tertiary/aromatic N) is 3. The monoisotopic (exact) mass is 390 g/mol. The number of hydrogen-bond donors (Lipinski definition) is 1. The quantitative estimate of drug-likeness (QED) is 0.703. The van der Waals surface area contributed by atoms with Crippen molar-refractivity contribution in [3.8, 4) is 0 Å². The van der Waals surface area contributed by atoms with Gasteiger partial charge in [0.15, 0.2) is 0 Å². The molecular weight excluding hydrogens is 364 g/mol. The summed E-state index contributed by atoms with van der Waals surface area (Å²) in [6, 6.07) is 17.8. The highest BCUT2D eigenvalue weighted by Gasteiger charge is 2.25. The van der Waals surface area contributed by atoms with Crippen LogP contribution in [-0.4, -0.2) is 42.9 Å². The van der Waals surface area contributed by atoms with E-state index < -0.39 is 0 Å². The molecule has 1 unspecified atom stereocenters. The number of rotatable bonds is 6. The predicted molar refractivity (Wildman–Crippen MR) is 113 cm³/mol. The van der Waals surface area contributed by atoms with E-state index in [1.165, 1.54) is 11.1 Å². The first-order valence-corrected chi connectivity index (χ1v) is 9.87. The minimum Gasteiger partial charge on any atom is -0.378 e. The molecule has 150 valence electrons. The Morgan fingerprint density at radius 2 is 2.03 bits per heavy atom. The van der Waals surface area contributed by atoms with Crippen LogP contribution in [0.3, 0.4) is 0 Å². The van der Waals surface area contributed by atoms with Crippen molar-refractivity contribution in [1.29, 1.82) is 0 Å². The zero-order chi connectivity index (χ0) is 20.2. The zero-order valence-electron chi connectivity index (χ0n) is 16.8. The number of carbonyl (C=O) groups is 1. The van der Waals surface area contributed by atoms with Crippen LogP contribution < -0.4 is 10.2 Å². The molecule has 4 rings (SSSR count). The van der Waals surface area contributed by atoms with Crippen molar-refractivity contribution in [2.24, 2.45) is 0 Å². The van der Waals surface area contributed by atoms with Crippen molar-refractivity contribution in [3.05, 3.63) is 83.2 Å². The topological polar surface area (TPSA) is 59.4 Å². The van der Waals surface area contributed by atoms with Gasteiger partial charge in [0.2, 0.25) is 0 Å².